The fourth-order valence-corrected chi connectivity index (χ4v) is 7.89. The van der Waals surface area contributed by atoms with E-state index in [-0.39, 0.29) is 17.0 Å². The quantitative estimate of drug-likeness (QED) is 0.223. The van der Waals surface area contributed by atoms with Crippen LogP contribution in [-0.2, 0) is 27.3 Å². The van der Waals surface area contributed by atoms with Crippen LogP contribution >= 0.6 is 0 Å². The fourth-order valence-electron chi connectivity index (χ4n) is 6.15. The van der Waals surface area contributed by atoms with E-state index in [1.807, 2.05) is 0 Å². The molecule has 6 rings (SSSR count). The van der Waals surface area contributed by atoms with Crippen molar-refractivity contribution in [3.05, 3.63) is 118 Å². The van der Waals surface area contributed by atoms with Gasteiger partial charge in [0.2, 0.25) is 0 Å². The van der Waals surface area contributed by atoms with Crippen molar-refractivity contribution in [3.8, 4) is 0 Å². The first-order valence-electron chi connectivity index (χ1n) is 12.8. The summed E-state index contributed by atoms with van der Waals surface area (Å²) in [5, 5.41) is 5.32. The van der Waals surface area contributed by atoms with E-state index in [9.17, 15) is 35.5 Å². The normalized spacial score (nSPS) is 27.1. The van der Waals surface area contributed by atoms with Crippen molar-refractivity contribution in [2.45, 2.75) is 17.0 Å². The lowest BCUT2D eigenvalue weighted by atomic mass is 9.80. The molecule has 3 unspecified atom stereocenters. The van der Waals surface area contributed by atoms with Crippen LogP contribution in [0.1, 0.15) is 16.9 Å². The molecular weight excluding hydrogens is 584 g/mol. The summed E-state index contributed by atoms with van der Waals surface area (Å²) in [6, 6.07) is 2.62. The third-order valence-electron chi connectivity index (χ3n) is 8.36. The van der Waals surface area contributed by atoms with Crippen LogP contribution in [0.4, 0.5) is 4.79 Å². The second kappa shape index (κ2) is 8.96. The van der Waals surface area contributed by atoms with Crippen molar-refractivity contribution in [3.63, 3.8) is 0 Å². The largest absolute Gasteiger partial charge is 0.368 e. The molecule has 1 spiro atoms. The molecule has 2 heterocycles. The van der Waals surface area contributed by atoms with Crippen LogP contribution in [0.2, 0.25) is 0 Å². The lowest BCUT2D eigenvalue weighted by molar-refractivity contribution is -0.817. The number of allylic oxidation sites excluding steroid dienone is 9. The molecule has 12 nitrogen and oxygen atoms in total. The number of hydrogen-bond acceptors (Lipinski definition) is 6. The Kier molecular flexibility index (Phi) is 5.98. The summed E-state index contributed by atoms with van der Waals surface area (Å²) in [5.41, 5.74) is 0.377. The average Bonchev–Trinajstić information content (AvgIpc) is 3.34. The number of likely N-dealkylation sites (N-methyl/N-ethyl adjacent to an activating group) is 1. The number of hydrogen-bond donors (Lipinski definition) is 4. The van der Waals surface area contributed by atoms with Gasteiger partial charge in [0.05, 0.1) is 17.9 Å². The van der Waals surface area contributed by atoms with Crippen molar-refractivity contribution in [2.24, 2.45) is 13.0 Å². The SMILES string of the molecule is Cn1cccc1C(=O)[N+](C)(C1=CC(S(=O)(=O)O)=CC2=CC3(C=CC21)NC(=O)N3)C1(S(=O)(=O)O)C=CC2=CC=CCC2=C1. The van der Waals surface area contributed by atoms with E-state index in [0.717, 1.165) is 6.08 Å². The van der Waals surface area contributed by atoms with E-state index in [1.54, 1.807) is 49.7 Å². The third-order valence-corrected chi connectivity index (χ3v) is 10.6. The van der Waals surface area contributed by atoms with Gasteiger partial charge in [-0.25, -0.2) is 14.1 Å². The second-order valence-electron chi connectivity index (χ2n) is 10.8. The van der Waals surface area contributed by atoms with Gasteiger partial charge in [0.25, 0.3) is 15.0 Å². The monoisotopic (exact) mass is 611 g/mol. The number of carbonyl (C=O) groups is 2. The van der Waals surface area contributed by atoms with Crippen LogP contribution in [0.15, 0.2) is 112 Å². The highest BCUT2D eigenvalue weighted by Crippen LogP contribution is 2.49. The van der Waals surface area contributed by atoms with Gasteiger partial charge in [0.1, 0.15) is 11.4 Å². The highest BCUT2D eigenvalue weighted by molar-refractivity contribution is 7.90. The number of quaternary nitrogens is 1. The fraction of sp³-hybridized carbons (Fsp3) is 0.214. The highest BCUT2D eigenvalue weighted by atomic mass is 32.2. The Labute approximate surface area is 242 Å². The zero-order chi connectivity index (χ0) is 30.3. The summed E-state index contributed by atoms with van der Waals surface area (Å²) in [4.78, 5) is 23.4. The Hall–Kier alpha value is -4.08. The number of urea groups is 1. The van der Waals surface area contributed by atoms with Crippen molar-refractivity contribution in [2.75, 3.05) is 7.05 Å². The number of amides is 3. The molecule has 0 aromatic carbocycles. The maximum Gasteiger partial charge on any atom is 0.368 e. The summed E-state index contributed by atoms with van der Waals surface area (Å²) >= 11 is 0. The number of rotatable bonds is 5. The van der Waals surface area contributed by atoms with E-state index in [4.69, 9.17) is 0 Å². The number of aryl methyl sites for hydroxylation is 1. The molecule has 3 atom stereocenters. The standard InChI is InChI=1S/C28H26N4O8S2/c1-31-13-5-8-23(31)25(33)32(2,28(42(38,39)40)12-9-18-6-3-4-7-19(18)17-28)24-15-21(41(35,36)37)14-20-16-27(11-10-22(20)24)29-26(34)30-27/h3-6,8-17,22H,7H2,1-2H3,(H3-,29,30,34,35,36,37,38,39,40)/p+1. The van der Waals surface area contributed by atoms with E-state index in [0.29, 0.717) is 17.6 Å². The molecule has 3 amide bonds. The van der Waals surface area contributed by atoms with Crippen molar-refractivity contribution >= 4 is 32.2 Å². The van der Waals surface area contributed by atoms with Crippen LogP contribution < -0.4 is 10.6 Å². The van der Waals surface area contributed by atoms with Gasteiger partial charge >= 0.3 is 22.1 Å². The van der Waals surface area contributed by atoms with Crippen LogP contribution in [0.3, 0.4) is 0 Å². The number of fused-ring (bicyclic) bond motifs is 2. The summed E-state index contributed by atoms with van der Waals surface area (Å²) < 4.78 is 73.8. The van der Waals surface area contributed by atoms with Crippen LogP contribution in [0.25, 0.3) is 0 Å². The van der Waals surface area contributed by atoms with E-state index < -0.39 is 58.0 Å². The minimum absolute atomic E-state index is 0.0581. The number of nitrogens with one attached hydrogen (secondary N) is 2. The van der Waals surface area contributed by atoms with Gasteiger partial charge in [-0.15, -0.1) is 0 Å². The van der Waals surface area contributed by atoms with Crippen molar-refractivity contribution in [1.82, 2.24) is 15.2 Å². The molecule has 0 bridgehead atoms. The molecule has 1 fully saturated rings. The second-order valence-corrected chi connectivity index (χ2v) is 13.8. The van der Waals surface area contributed by atoms with Gasteiger partial charge < -0.3 is 15.2 Å². The lowest BCUT2D eigenvalue weighted by Gasteiger charge is -2.49. The topological polar surface area (TPSA) is 172 Å². The third kappa shape index (κ3) is 3.98. The van der Waals surface area contributed by atoms with E-state index in [1.165, 1.54) is 48.1 Å². The Bertz CT molecular complexity index is 1930. The smallest absolute Gasteiger partial charge is 0.343 e. The predicted octanol–water partition coefficient (Wildman–Crippen LogP) is 2.37. The molecule has 4 N–H and O–H groups in total. The number of nitrogens with zero attached hydrogens (tertiary/aromatic N) is 2. The van der Waals surface area contributed by atoms with Crippen LogP contribution in [0, 0.1) is 5.92 Å². The maximum atomic E-state index is 14.7. The average molecular weight is 612 g/mol. The summed E-state index contributed by atoms with van der Waals surface area (Å²) in [7, 11) is -7.15. The molecule has 1 saturated heterocycles. The van der Waals surface area contributed by atoms with Gasteiger partial charge in [-0.3, -0.25) is 9.11 Å². The molecule has 1 aromatic rings. The summed E-state index contributed by atoms with van der Waals surface area (Å²) in [6.45, 7) is 0. The number of carbonyl (C=O) groups excluding carboxylic acids is 2. The van der Waals surface area contributed by atoms with Crippen molar-refractivity contribution in [1.29, 1.82) is 0 Å². The molecule has 0 radical (unpaired) electrons. The van der Waals surface area contributed by atoms with Gasteiger partial charge in [-0.05, 0) is 53.5 Å². The molecule has 4 aliphatic carbocycles. The first-order valence-corrected chi connectivity index (χ1v) is 15.7. The summed E-state index contributed by atoms with van der Waals surface area (Å²) in [6.07, 6.45) is 18.4. The van der Waals surface area contributed by atoms with Crippen LogP contribution in [0.5, 0.6) is 0 Å². The minimum Gasteiger partial charge on any atom is -0.343 e. The van der Waals surface area contributed by atoms with Crippen molar-refractivity contribution < 1.29 is 40.0 Å². The molecule has 0 saturated carbocycles. The van der Waals surface area contributed by atoms with E-state index >= 15 is 0 Å². The minimum atomic E-state index is -5.17. The van der Waals surface area contributed by atoms with Gasteiger partial charge in [-0.2, -0.15) is 16.8 Å². The molecular formula is C28H27N4O8S2+. The van der Waals surface area contributed by atoms with E-state index in [2.05, 4.69) is 10.6 Å². The lowest BCUT2D eigenvalue weighted by Crippen LogP contribution is -2.73. The summed E-state index contributed by atoms with van der Waals surface area (Å²) in [5.74, 6) is -1.67. The first-order chi connectivity index (χ1) is 19.6. The molecule has 14 heteroatoms. The molecule has 1 aliphatic heterocycles. The Morgan fingerprint density at radius 2 is 1.86 bits per heavy atom. The first kappa shape index (κ1) is 28.1. The number of aromatic nitrogens is 1. The Morgan fingerprint density at radius 3 is 2.48 bits per heavy atom. The maximum absolute atomic E-state index is 14.7. The van der Waals surface area contributed by atoms with Gasteiger partial charge in [-0.1, -0.05) is 30.4 Å². The van der Waals surface area contributed by atoms with Crippen LogP contribution in [-0.4, -0.2) is 64.5 Å². The zero-order valence-electron chi connectivity index (χ0n) is 22.4. The molecule has 42 heavy (non-hydrogen) atoms. The van der Waals surface area contributed by atoms with Gasteiger partial charge in [0.15, 0.2) is 5.66 Å². The Morgan fingerprint density at radius 1 is 1.12 bits per heavy atom. The molecule has 1 aromatic heterocycles. The predicted molar refractivity (Wildman–Crippen MR) is 152 cm³/mol. The highest BCUT2D eigenvalue weighted by Gasteiger charge is 2.64. The Balaban J connectivity index is 1.67. The molecule has 5 aliphatic rings. The van der Waals surface area contributed by atoms with Gasteiger partial charge in [0, 0.05) is 31.5 Å². The molecule has 218 valence electrons. The zero-order valence-corrected chi connectivity index (χ0v) is 24.1.